The number of carbonyl (C=O) groups excluding carboxylic acids is 1. The Morgan fingerprint density at radius 2 is 2.28 bits per heavy atom. The van der Waals surface area contributed by atoms with Gasteiger partial charge in [0, 0.05) is 0 Å². The molecule has 0 saturated heterocycles. The van der Waals surface area contributed by atoms with Gasteiger partial charge in [-0.2, -0.15) is 0 Å². The van der Waals surface area contributed by atoms with Crippen molar-refractivity contribution in [2.75, 3.05) is 0 Å². The molecule has 2 rings (SSSR count). The second-order valence-electron chi connectivity index (χ2n) is 3.72. The number of benzene rings is 1. The van der Waals surface area contributed by atoms with Crippen LogP contribution in [0.25, 0.3) is 0 Å². The van der Waals surface area contributed by atoms with Crippen LogP contribution < -0.4 is 4.74 Å². The lowest BCUT2D eigenvalue weighted by Crippen LogP contribution is -2.13. The number of para-hydroxylation sites is 1. The molecule has 94 valence electrons. The minimum absolute atomic E-state index is 0.169. The summed E-state index contributed by atoms with van der Waals surface area (Å²) >= 11 is 0. The van der Waals surface area contributed by atoms with Gasteiger partial charge in [-0.3, -0.25) is 4.79 Å². The molecule has 1 atom stereocenters. The molecular weight excluding hydrogens is 234 g/mol. The molecule has 1 heterocycles. The van der Waals surface area contributed by atoms with E-state index in [0.717, 1.165) is 6.29 Å². The molecule has 0 fully saturated rings. The number of aliphatic hydroxyl groups excluding tert-OH is 1. The molecule has 1 N–H and O–H groups in total. The number of rotatable bonds is 5. The predicted octanol–water partition coefficient (Wildman–Crippen LogP) is 1.18. The van der Waals surface area contributed by atoms with E-state index in [0.29, 0.717) is 17.0 Å². The Labute approximate surface area is 104 Å². The van der Waals surface area contributed by atoms with E-state index < -0.39 is 6.23 Å². The van der Waals surface area contributed by atoms with Crippen molar-refractivity contribution in [3.05, 3.63) is 41.7 Å². The third kappa shape index (κ3) is 2.54. The maximum absolute atomic E-state index is 10.8. The summed E-state index contributed by atoms with van der Waals surface area (Å²) in [6.45, 7) is 1.61. The van der Waals surface area contributed by atoms with Crippen LogP contribution in [0.15, 0.2) is 30.5 Å². The van der Waals surface area contributed by atoms with Gasteiger partial charge >= 0.3 is 0 Å². The van der Waals surface area contributed by atoms with Crippen LogP contribution in [0, 0.1) is 0 Å². The number of ether oxygens (including phenoxy) is 1. The summed E-state index contributed by atoms with van der Waals surface area (Å²) in [5.41, 5.74) is 0.945. The number of hydrogen-bond acceptors (Lipinski definition) is 5. The van der Waals surface area contributed by atoms with E-state index in [4.69, 9.17) is 9.84 Å². The first-order chi connectivity index (χ1) is 8.74. The Balaban J connectivity index is 2.15. The zero-order chi connectivity index (χ0) is 13.0. The Morgan fingerprint density at radius 3 is 2.94 bits per heavy atom. The zero-order valence-corrected chi connectivity index (χ0v) is 9.85. The molecule has 0 aliphatic carbocycles. The lowest BCUT2D eigenvalue weighted by molar-refractivity contribution is 0.109. The van der Waals surface area contributed by atoms with Gasteiger partial charge in [0.2, 0.25) is 0 Å². The highest BCUT2D eigenvalue weighted by molar-refractivity contribution is 5.79. The first-order valence-electron chi connectivity index (χ1n) is 5.47. The molecule has 1 aromatic carbocycles. The van der Waals surface area contributed by atoms with Crippen LogP contribution >= 0.6 is 0 Å². The summed E-state index contributed by atoms with van der Waals surface area (Å²) < 4.78 is 7.11. The van der Waals surface area contributed by atoms with Crippen molar-refractivity contribution in [2.45, 2.75) is 19.8 Å². The number of hydrogen-bond donors (Lipinski definition) is 1. The number of nitrogens with zero attached hydrogens (tertiary/aromatic N) is 3. The Morgan fingerprint density at radius 1 is 1.50 bits per heavy atom. The third-order valence-corrected chi connectivity index (χ3v) is 2.44. The maximum atomic E-state index is 10.8. The fourth-order valence-electron chi connectivity index (χ4n) is 1.49. The predicted molar refractivity (Wildman–Crippen MR) is 63.1 cm³/mol. The van der Waals surface area contributed by atoms with Gasteiger partial charge in [-0.05, 0) is 19.1 Å². The van der Waals surface area contributed by atoms with Gasteiger partial charge in [-0.1, -0.05) is 17.3 Å². The van der Waals surface area contributed by atoms with Crippen molar-refractivity contribution >= 4 is 6.29 Å². The van der Waals surface area contributed by atoms with E-state index >= 15 is 0 Å². The van der Waals surface area contributed by atoms with E-state index in [1.54, 1.807) is 37.4 Å². The number of aromatic nitrogens is 3. The van der Waals surface area contributed by atoms with Crippen LogP contribution in [0.3, 0.4) is 0 Å². The zero-order valence-electron chi connectivity index (χ0n) is 9.85. The van der Waals surface area contributed by atoms with E-state index in [-0.39, 0.29) is 6.61 Å². The summed E-state index contributed by atoms with van der Waals surface area (Å²) in [5, 5.41) is 16.5. The summed E-state index contributed by atoms with van der Waals surface area (Å²) in [6, 6.07) is 6.94. The molecule has 6 heteroatoms. The molecule has 2 aromatic rings. The number of aliphatic hydroxyl groups is 1. The van der Waals surface area contributed by atoms with Crippen LogP contribution in [0.4, 0.5) is 0 Å². The van der Waals surface area contributed by atoms with Crippen LogP contribution in [-0.2, 0) is 6.61 Å². The van der Waals surface area contributed by atoms with Gasteiger partial charge in [0.25, 0.3) is 0 Å². The minimum atomic E-state index is -0.418. The van der Waals surface area contributed by atoms with Gasteiger partial charge in [0.05, 0.1) is 18.4 Å². The molecule has 0 amide bonds. The van der Waals surface area contributed by atoms with Gasteiger partial charge < -0.3 is 9.84 Å². The fraction of sp³-hybridized carbons (Fsp3) is 0.250. The lowest BCUT2D eigenvalue weighted by atomic mass is 10.2. The van der Waals surface area contributed by atoms with Crippen LogP contribution in [-0.4, -0.2) is 26.4 Å². The normalized spacial score (nSPS) is 12.1. The van der Waals surface area contributed by atoms with E-state index in [1.165, 1.54) is 4.68 Å². The minimum Gasteiger partial charge on any atom is -0.468 e. The van der Waals surface area contributed by atoms with Crippen molar-refractivity contribution in [3.63, 3.8) is 0 Å². The van der Waals surface area contributed by atoms with Crippen LogP contribution in [0.5, 0.6) is 5.75 Å². The molecule has 0 spiro atoms. The molecule has 0 aliphatic rings. The van der Waals surface area contributed by atoms with Crippen molar-refractivity contribution in [1.29, 1.82) is 0 Å². The van der Waals surface area contributed by atoms with Gasteiger partial charge in [0.15, 0.2) is 12.5 Å². The Bertz CT molecular complexity index is 539. The Kier molecular flexibility index (Phi) is 3.69. The topological polar surface area (TPSA) is 77.2 Å². The molecule has 6 nitrogen and oxygen atoms in total. The maximum Gasteiger partial charge on any atom is 0.190 e. The molecule has 18 heavy (non-hydrogen) atoms. The first kappa shape index (κ1) is 12.3. The van der Waals surface area contributed by atoms with Gasteiger partial charge in [-0.25, -0.2) is 4.68 Å². The van der Waals surface area contributed by atoms with Gasteiger partial charge in [0.1, 0.15) is 11.4 Å². The number of carbonyl (C=O) groups is 1. The summed E-state index contributed by atoms with van der Waals surface area (Å²) in [7, 11) is 0. The van der Waals surface area contributed by atoms with Crippen molar-refractivity contribution in [1.82, 2.24) is 15.0 Å². The molecule has 1 unspecified atom stereocenters. The standard InChI is InChI=1S/C12H13N3O3/c1-9(15-6-11(8-17)13-14-15)18-12-5-3-2-4-10(12)7-16/h2-7,9,17H,8H2,1H3. The molecule has 0 bridgehead atoms. The first-order valence-corrected chi connectivity index (χ1v) is 5.47. The van der Waals surface area contributed by atoms with E-state index in [1.807, 2.05) is 0 Å². The summed E-state index contributed by atoms with van der Waals surface area (Å²) in [5.74, 6) is 0.487. The van der Waals surface area contributed by atoms with Crippen molar-refractivity contribution in [2.24, 2.45) is 0 Å². The average molecular weight is 247 g/mol. The van der Waals surface area contributed by atoms with Crippen LogP contribution in [0.2, 0.25) is 0 Å². The highest BCUT2D eigenvalue weighted by atomic mass is 16.5. The SMILES string of the molecule is CC(Oc1ccccc1C=O)n1cc(CO)nn1. The lowest BCUT2D eigenvalue weighted by Gasteiger charge is -2.15. The second kappa shape index (κ2) is 5.42. The van der Waals surface area contributed by atoms with Gasteiger partial charge in [-0.15, -0.1) is 5.10 Å². The largest absolute Gasteiger partial charge is 0.468 e. The second-order valence-corrected chi connectivity index (χ2v) is 3.72. The Hall–Kier alpha value is -2.21. The average Bonchev–Trinajstić information content (AvgIpc) is 2.88. The molecule has 0 saturated carbocycles. The number of aldehydes is 1. The molecule has 1 aromatic heterocycles. The van der Waals surface area contributed by atoms with E-state index in [9.17, 15) is 4.79 Å². The molecule has 0 radical (unpaired) electrons. The smallest absolute Gasteiger partial charge is 0.190 e. The summed E-state index contributed by atoms with van der Waals surface area (Å²) in [6.07, 6.45) is 1.91. The van der Waals surface area contributed by atoms with E-state index in [2.05, 4.69) is 10.3 Å². The quantitative estimate of drug-likeness (QED) is 0.803. The highest BCUT2D eigenvalue weighted by Gasteiger charge is 2.11. The fourth-order valence-corrected chi connectivity index (χ4v) is 1.49. The summed E-state index contributed by atoms with van der Waals surface area (Å²) in [4.78, 5) is 10.8. The van der Waals surface area contributed by atoms with Crippen molar-refractivity contribution in [3.8, 4) is 5.75 Å². The molecule has 0 aliphatic heterocycles. The van der Waals surface area contributed by atoms with Crippen molar-refractivity contribution < 1.29 is 14.6 Å². The third-order valence-electron chi connectivity index (χ3n) is 2.44. The monoisotopic (exact) mass is 247 g/mol. The van der Waals surface area contributed by atoms with Crippen LogP contribution in [0.1, 0.15) is 29.2 Å². The molecular formula is C12H13N3O3. The highest BCUT2D eigenvalue weighted by Crippen LogP contribution is 2.20.